The molecule has 0 aliphatic carbocycles. The van der Waals surface area contributed by atoms with Crippen molar-refractivity contribution in [2.75, 3.05) is 5.01 Å². The number of hydrogen-bond donors (Lipinski definition) is 1. The van der Waals surface area contributed by atoms with Crippen LogP contribution in [0.1, 0.15) is 5.56 Å². The Balaban J connectivity index is 2.20. The van der Waals surface area contributed by atoms with Crippen LogP contribution in [0, 0.1) is 6.92 Å². The zero-order valence-corrected chi connectivity index (χ0v) is 11.8. The molecule has 0 heterocycles. The minimum atomic E-state index is -3.73. The number of nitrogens with zero attached hydrogens (tertiary/aromatic N) is 2. The summed E-state index contributed by atoms with van der Waals surface area (Å²) in [5.74, 6) is 5.72. The molecule has 0 aromatic heterocycles. The molecule has 0 spiro atoms. The number of rotatable bonds is 4. The first kappa shape index (κ1) is 14.2. The van der Waals surface area contributed by atoms with Crippen LogP contribution in [0.2, 0.25) is 0 Å². The van der Waals surface area contributed by atoms with E-state index in [4.69, 9.17) is 5.84 Å². The summed E-state index contributed by atoms with van der Waals surface area (Å²) in [4.78, 5) is 0.140. The Bertz CT molecular complexity index is 695. The van der Waals surface area contributed by atoms with Gasteiger partial charge in [0.05, 0.1) is 10.6 Å². The van der Waals surface area contributed by atoms with Crippen molar-refractivity contribution in [2.45, 2.75) is 11.8 Å². The molecule has 6 heteroatoms. The quantitative estimate of drug-likeness (QED) is 0.405. The fourth-order valence-corrected chi connectivity index (χ4v) is 2.38. The minimum absolute atomic E-state index is 0.140. The van der Waals surface area contributed by atoms with Crippen molar-refractivity contribution in [1.29, 1.82) is 0 Å². The Hall–Kier alpha value is -2.18. The SMILES string of the molecule is Cc1ccc(S(=O)(=O)N=CN(N)c2ccccc2)cc1. The lowest BCUT2D eigenvalue weighted by atomic mass is 10.2. The van der Waals surface area contributed by atoms with Gasteiger partial charge in [-0.2, -0.15) is 8.42 Å². The Kier molecular flexibility index (Phi) is 4.16. The first-order valence-corrected chi connectivity index (χ1v) is 7.39. The molecule has 0 fully saturated rings. The van der Waals surface area contributed by atoms with Gasteiger partial charge >= 0.3 is 0 Å². The van der Waals surface area contributed by atoms with Crippen molar-refractivity contribution < 1.29 is 8.42 Å². The Morgan fingerprint density at radius 3 is 2.25 bits per heavy atom. The van der Waals surface area contributed by atoms with Gasteiger partial charge in [0.2, 0.25) is 0 Å². The van der Waals surface area contributed by atoms with Crippen LogP contribution in [0.4, 0.5) is 5.69 Å². The normalized spacial score (nSPS) is 11.7. The summed E-state index contributed by atoms with van der Waals surface area (Å²) in [6.07, 6.45) is 1.09. The van der Waals surface area contributed by atoms with Gasteiger partial charge < -0.3 is 0 Å². The van der Waals surface area contributed by atoms with Crippen LogP contribution in [-0.4, -0.2) is 14.8 Å². The molecule has 0 amide bonds. The lowest BCUT2D eigenvalue weighted by Crippen LogP contribution is -2.29. The van der Waals surface area contributed by atoms with Crippen LogP contribution >= 0.6 is 0 Å². The number of benzene rings is 2. The number of hydrogen-bond acceptors (Lipinski definition) is 3. The molecule has 0 atom stereocenters. The van der Waals surface area contributed by atoms with E-state index in [0.29, 0.717) is 5.69 Å². The third-order valence-electron chi connectivity index (χ3n) is 2.68. The van der Waals surface area contributed by atoms with E-state index in [0.717, 1.165) is 16.9 Å². The fraction of sp³-hybridized carbons (Fsp3) is 0.0714. The molecular weight excluding hydrogens is 274 g/mol. The molecule has 0 bridgehead atoms. The predicted molar refractivity (Wildman–Crippen MR) is 80.0 cm³/mol. The monoisotopic (exact) mass is 289 g/mol. The molecule has 5 nitrogen and oxygen atoms in total. The van der Waals surface area contributed by atoms with E-state index in [1.54, 1.807) is 36.4 Å². The van der Waals surface area contributed by atoms with E-state index in [1.165, 1.54) is 12.1 Å². The first-order valence-electron chi connectivity index (χ1n) is 5.95. The summed E-state index contributed by atoms with van der Waals surface area (Å²) in [5.41, 5.74) is 1.63. The van der Waals surface area contributed by atoms with Crippen LogP contribution < -0.4 is 10.9 Å². The highest BCUT2D eigenvalue weighted by atomic mass is 32.2. The number of nitrogens with two attached hydrogens (primary N) is 1. The third-order valence-corrected chi connectivity index (χ3v) is 3.92. The fourth-order valence-electron chi connectivity index (χ4n) is 1.55. The van der Waals surface area contributed by atoms with Crippen molar-refractivity contribution >= 4 is 22.0 Å². The lowest BCUT2D eigenvalue weighted by Gasteiger charge is -2.11. The average Bonchev–Trinajstić information content (AvgIpc) is 2.46. The number of anilines is 1. The second-order valence-electron chi connectivity index (χ2n) is 4.25. The van der Waals surface area contributed by atoms with E-state index < -0.39 is 10.0 Å². The maximum Gasteiger partial charge on any atom is 0.283 e. The molecule has 0 unspecified atom stereocenters. The smallest absolute Gasteiger partial charge is 0.268 e. The summed E-state index contributed by atoms with van der Waals surface area (Å²) in [6, 6.07) is 15.4. The van der Waals surface area contributed by atoms with Crippen LogP contribution in [0.25, 0.3) is 0 Å². The van der Waals surface area contributed by atoms with Crippen molar-refractivity contribution in [2.24, 2.45) is 10.2 Å². The number of sulfonamides is 1. The van der Waals surface area contributed by atoms with Gasteiger partial charge in [-0.1, -0.05) is 35.9 Å². The predicted octanol–water partition coefficient (Wildman–Crippen LogP) is 2.09. The van der Waals surface area contributed by atoms with Gasteiger partial charge in [-0.25, -0.2) is 5.84 Å². The molecule has 2 rings (SSSR count). The summed E-state index contributed by atoms with van der Waals surface area (Å²) in [6.45, 7) is 1.89. The van der Waals surface area contributed by atoms with Crippen molar-refractivity contribution in [3.8, 4) is 0 Å². The summed E-state index contributed by atoms with van der Waals surface area (Å²) < 4.78 is 27.6. The van der Waals surface area contributed by atoms with Crippen LogP contribution in [0.5, 0.6) is 0 Å². The maximum atomic E-state index is 12.0. The highest BCUT2D eigenvalue weighted by Crippen LogP contribution is 2.13. The summed E-state index contributed by atoms with van der Waals surface area (Å²) >= 11 is 0. The van der Waals surface area contributed by atoms with Gasteiger partial charge in [-0.15, -0.1) is 4.40 Å². The molecule has 0 saturated heterocycles. The summed E-state index contributed by atoms with van der Waals surface area (Å²) in [5, 5.41) is 1.16. The zero-order valence-electron chi connectivity index (χ0n) is 11.0. The first-order chi connectivity index (χ1) is 9.49. The Morgan fingerprint density at radius 1 is 1.05 bits per heavy atom. The Morgan fingerprint density at radius 2 is 1.65 bits per heavy atom. The van der Waals surface area contributed by atoms with Crippen molar-refractivity contribution in [1.82, 2.24) is 0 Å². The molecule has 104 valence electrons. The molecule has 0 radical (unpaired) electrons. The van der Waals surface area contributed by atoms with Crippen molar-refractivity contribution in [3.05, 3.63) is 60.2 Å². The molecule has 20 heavy (non-hydrogen) atoms. The lowest BCUT2D eigenvalue weighted by molar-refractivity contribution is 0.598. The molecule has 2 aromatic rings. The second-order valence-corrected chi connectivity index (χ2v) is 5.88. The average molecular weight is 289 g/mol. The van der Waals surface area contributed by atoms with Gasteiger partial charge in [0, 0.05) is 0 Å². The van der Waals surface area contributed by atoms with E-state index >= 15 is 0 Å². The molecule has 0 aliphatic heterocycles. The van der Waals surface area contributed by atoms with Crippen LogP contribution in [-0.2, 0) is 10.0 Å². The number of para-hydroxylation sites is 1. The second kappa shape index (κ2) is 5.85. The van der Waals surface area contributed by atoms with Gasteiger partial charge in [0.25, 0.3) is 10.0 Å². The highest BCUT2D eigenvalue weighted by Gasteiger charge is 2.11. The highest BCUT2D eigenvalue weighted by molar-refractivity contribution is 7.90. The van der Waals surface area contributed by atoms with E-state index in [-0.39, 0.29) is 4.90 Å². The van der Waals surface area contributed by atoms with E-state index in [1.807, 2.05) is 13.0 Å². The molecule has 0 saturated carbocycles. The van der Waals surface area contributed by atoms with E-state index in [9.17, 15) is 8.42 Å². The number of aryl methyl sites for hydroxylation is 1. The topological polar surface area (TPSA) is 75.8 Å². The Labute approximate surface area is 118 Å². The van der Waals surface area contributed by atoms with Crippen LogP contribution in [0.3, 0.4) is 0 Å². The minimum Gasteiger partial charge on any atom is -0.268 e. The summed E-state index contributed by atoms with van der Waals surface area (Å²) in [7, 11) is -3.73. The zero-order chi connectivity index (χ0) is 14.6. The van der Waals surface area contributed by atoms with Gasteiger partial charge in [-0.3, -0.25) is 5.01 Å². The molecule has 2 aromatic carbocycles. The van der Waals surface area contributed by atoms with Gasteiger partial charge in [-0.05, 0) is 31.2 Å². The van der Waals surface area contributed by atoms with E-state index in [2.05, 4.69) is 4.40 Å². The molecule has 0 aliphatic rings. The maximum absolute atomic E-state index is 12.0. The van der Waals surface area contributed by atoms with Gasteiger partial charge in [0.1, 0.15) is 6.34 Å². The third kappa shape index (κ3) is 3.43. The van der Waals surface area contributed by atoms with Gasteiger partial charge in [0.15, 0.2) is 0 Å². The molecular formula is C14H15N3O2S. The molecule has 2 N–H and O–H groups in total. The standard InChI is InChI=1S/C14H15N3O2S/c1-12-7-9-14(10-8-12)20(18,19)16-11-17(15)13-5-3-2-4-6-13/h2-11H,15H2,1H3. The largest absolute Gasteiger partial charge is 0.283 e. The van der Waals surface area contributed by atoms with Crippen LogP contribution in [0.15, 0.2) is 63.9 Å². The van der Waals surface area contributed by atoms with Crippen molar-refractivity contribution in [3.63, 3.8) is 0 Å². The number of hydrazine groups is 1.